The fourth-order valence-corrected chi connectivity index (χ4v) is 2.16. The van der Waals surface area contributed by atoms with Crippen molar-refractivity contribution < 1.29 is 4.79 Å². The van der Waals surface area contributed by atoms with Gasteiger partial charge in [-0.1, -0.05) is 24.3 Å². The third kappa shape index (κ3) is 1.79. The maximum atomic E-state index is 11.2. The first kappa shape index (κ1) is 9.25. The molecule has 0 fully saturated rings. The average Bonchev–Trinajstić information content (AvgIpc) is 2.59. The van der Waals surface area contributed by atoms with Crippen LogP contribution in [-0.4, -0.2) is 13.0 Å². The molecule has 74 valence electrons. The maximum Gasteiger partial charge on any atom is 0.220 e. The van der Waals surface area contributed by atoms with Gasteiger partial charge in [-0.15, -0.1) is 0 Å². The summed E-state index contributed by atoms with van der Waals surface area (Å²) in [6, 6.07) is 8.47. The molecule has 0 bridgehead atoms. The minimum atomic E-state index is 0.155. The molecule has 0 saturated carbocycles. The number of carbonyl (C=O) groups excluding carboxylic acids is 1. The summed E-state index contributed by atoms with van der Waals surface area (Å²) in [5.74, 6) is 0.662. The fourth-order valence-electron chi connectivity index (χ4n) is 2.16. The second kappa shape index (κ2) is 3.82. The van der Waals surface area contributed by atoms with Crippen LogP contribution in [0.2, 0.25) is 0 Å². The van der Waals surface area contributed by atoms with E-state index in [1.54, 1.807) is 7.05 Å². The molecular weight excluding hydrogens is 174 g/mol. The molecule has 0 saturated heterocycles. The molecule has 0 atom stereocenters. The Kier molecular flexibility index (Phi) is 2.53. The average molecular weight is 189 g/mol. The summed E-state index contributed by atoms with van der Waals surface area (Å²) in [6.07, 6.45) is 2.78. The van der Waals surface area contributed by atoms with Crippen molar-refractivity contribution in [1.82, 2.24) is 5.32 Å². The van der Waals surface area contributed by atoms with Gasteiger partial charge in [-0.2, -0.15) is 0 Å². The van der Waals surface area contributed by atoms with Crippen LogP contribution in [0.15, 0.2) is 24.3 Å². The van der Waals surface area contributed by atoms with Crippen LogP contribution in [-0.2, 0) is 17.6 Å². The molecule has 1 amide bonds. The third-order valence-corrected chi connectivity index (χ3v) is 2.89. The molecule has 0 spiro atoms. The Morgan fingerprint density at radius 1 is 1.36 bits per heavy atom. The van der Waals surface area contributed by atoms with Crippen molar-refractivity contribution in [3.63, 3.8) is 0 Å². The highest BCUT2D eigenvalue weighted by atomic mass is 16.1. The molecule has 2 rings (SSSR count). The zero-order chi connectivity index (χ0) is 9.97. The third-order valence-electron chi connectivity index (χ3n) is 2.89. The molecule has 1 aromatic rings. The smallest absolute Gasteiger partial charge is 0.220 e. The number of carbonyl (C=O) groups is 1. The molecule has 2 nitrogen and oxygen atoms in total. The van der Waals surface area contributed by atoms with Crippen LogP contribution in [0, 0.1) is 5.92 Å². The van der Waals surface area contributed by atoms with Gasteiger partial charge in [0.2, 0.25) is 5.91 Å². The minimum absolute atomic E-state index is 0.155. The standard InChI is InChI=1S/C12H15NO/c1-13-12(14)8-9-6-10-4-2-3-5-11(10)7-9/h2-5,9H,6-8H2,1H3,(H,13,14). The van der Waals surface area contributed by atoms with Gasteiger partial charge in [0, 0.05) is 13.5 Å². The van der Waals surface area contributed by atoms with Crippen molar-refractivity contribution in [3.05, 3.63) is 35.4 Å². The molecule has 1 aliphatic carbocycles. The van der Waals surface area contributed by atoms with Gasteiger partial charge in [0.05, 0.1) is 0 Å². The molecule has 0 heterocycles. The molecule has 0 aromatic heterocycles. The summed E-state index contributed by atoms with van der Waals surface area (Å²) >= 11 is 0. The lowest BCUT2D eigenvalue weighted by Crippen LogP contribution is -2.21. The van der Waals surface area contributed by atoms with Crippen molar-refractivity contribution >= 4 is 5.91 Å². The van der Waals surface area contributed by atoms with Gasteiger partial charge < -0.3 is 5.32 Å². The first-order chi connectivity index (χ1) is 6.79. The van der Waals surface area contributed by atoms with Crippen LogP contribution < -0.4 is 5.32 Å². The largest absolute Gasteiger partial charge is 0.359 e. The van der Waals surface area contributed by atoms with Crippen molar-refractivity contribution in [3.8, 4) is 0 Å². The number of amides is 1. The van der Waals surface area contributed by atoms with E-state index in [9.17, 15) is 4.79 Å². The minimum Gasteiger partial charge on any atom is -0.359 e. The van der Waals surface area contributed by atoms with Crippen LogP contribution in [0.25, 0.3) is 0 Å². The van der Waals surface area contributed by atoms with Gasteiger partial charge in [0.1, 0.15) is 0 Å². The number of benzene rings is 1. The Hall–Kier alpha value is -1.31. The molecule has 1 aromatic carbocycles. The number of hydrogen-bond acceptors (Lipinski definition) is 1. The maximum absolute atomic E-state index is 11.2. The molecule has 2 heteroatoms. The molecule has 0 aliphatic heterocycles. The van der Waals surface area contributed by atoms with Gasteiger partial charge in [-0.05, 0) is 29.9 Å². The van der Waals surface area contributed by atoms with Crippen molar-refractivity contribution in [2.24, 2.45) is 5.92 Å². The summed E-state index contributed by atoms with van der Waals surface area (Å²) in [6.45, 7) is 0. The highest BCUT2D eigenvalue weighted by molar-refractivity contribution is 5.76. The monoisotopic (exact) mass is 189 g/mol. The normalized spacial score (nSPS) is 15.2. The lowest BCUT2D eigenvalue weighted by molar-refractivity contribution is -0.121. The predicted molar refractivity (Wildman–Crippen MR) is 56.0 cm³/mol. The predicted octanol–water partition coefficient (Wildman–Crippen LogP) is 1.54. The summed E-state index contributed by atoms with van der Waals surface area (Å²) < 4.78 is 0. The van der Waals surface area contributed by atoms with Crippen molar-refractivity contribution in [1.29, 1.82) is 0 Å². The first-order valence-corrected chi connectivity index (χ1v) is 5.07. The highest BCUT2D eigenvalue weighted by Crippen LogP contribution is 2.28. The van der Waals surface area contributed by atoms with E-state index in [0.29, 0.717) is 12.3 Å². The topological polar surface area (TPSA) is 29.1 Å². The molecular formula is C12H15NO. The number of rotatable bonds is 2. The zero-order valence-corrected chi connectivity index (χ0v) is 8.42. The number of hydrogen-bond donors (Lipinski definition) is 1. The highest BCUT2D eigenvalue weighted by Gasteiger charge is 2.22. The summed E-state index contributed by atoms with van der Waals surface area (Å²) in [4.78, 5) is 11.2. The fraction of sp³-hybridized carbons (Fsp3) is 0.417. The van der Waals surface area contributed by atoms with E-state index in [0.717, 1.165) is 12.8 Å². The zero-order valence-electron chi connectivity index (χ0n) is 8.42. The molecule has 0 unspecified atom stereocenters. The van der Waals surface area contributed by atoms with E-state index in [1.165, 1.54) is 11.1 Å². The van der Waals surface area contributed by atoms with Gasteiger partial charge in [-0.3, -0.25) is 4.79 Å². The Bertz CT molecular complexity index is 321. The van der Waals surface area contributed by atoms with Crippen molar-refractivity contribution in [2.45, 2.75) is 19.3 Å². The summed E-state index contributed by atoms with van der Waals surface area (Å²) in [5.41, 5.74) is 2.84. The van der Waals surface area contributed by atoms with Gasteiger partial charge >= 0.3 is 0 Å². The van der Waals surface area contributed by atoms with Gasteiger partial charge in [0.25, 0.3) is 0 Å². The number of nitrogens with one attached hydrogen (secondary N) is 1. The van der Waals surface area contributed by atoms with E-state index in [4.69, 9.17) is 0 Å². The van der Waals surface area contributed by atoms with Crippen LogP contribution in [0.3, 0.4) is 0 Å². The second-order valence-electron chi connectivity index (χ2n) is 3.92. The van der Waals surface area contributed by atoms with Crippen LogP contribution in [0.1, 0.15) is 17.5 Å². The quantitative estimate of drug-likeness (QED) is 0.751. The summed E-state index contributed by atoms with van der Waals surface area (Å²) in [5, 5.41) is 2.68. The van der Waals surface area contributed by atoms with E-state index in [-0.39, 0.29) is 5.91 Å². The van der Waals surface area contributed by atoms with Crippen LogP contribution in [0.4, 0.5) is 0 Å². The van der Waals surface area contributed by atoms with Crippen molar-refractivity contribution in [2.75, 3.05) is 7.05 Å². The van der Waals surface area contributed by atoms with Crippen LogP contribution >= 0.6 is 0 Å². The molecule has 0 radical (unpaired) electrons. The van der Waals surface area contributed by atoms with Gasteiger partial charge in [-0.25, -0.2) is 0 Å². The Labute approximate surface area is 84.3 Å². The Balaban J connectivity index is 2.01. The second-order valence-corrected chi connectivity index (χ2v) is 3.92. The van der Waals surface area contributed by atoms with Crippen LogP contribution in [0.5, 0.6) is 0 Å². The van der Waals surface area contributed by atoms with E-state index < -0.39 is 0 Å². The lowest BCUT2D eigenvalue weighted by atomic mass is 10.0. The SMILES string of the molecule is CNC(=O)CC1Cc2ccccc2C1. The van der Waals surface area contributed by atoms with E-state index >= 15 is 0 Å². The first-order valence-electron chi connectivity index (χ1n) is 5.07. The summed E-state index contributed by atoms with van der Waals surface area (Å²) in [7, 11) is 1.70. The Morgan fingerprint density at radius 2 is 1.93 bits per heavy atom. The number of fused-ring (bicyclic) bond motifs is 1. The van der Waals surface area contributed by atoms with Gasteiger partial charge in [0.15, 0.2) is 0 Å². The molecule has 1 aliphatic rings. The lowest BCUT2D eigenvalue weighted by Gasteiger charge is -2.06. The Morgan fingerprint density at radius 3 is 2.43 bits per heavy atom. The van der Waals surface area contributed by atoms with E-state index in [2.05, 4.69) is 29.6 Å². The molecule has 1 N–H and O–H groups in total. The van der Waals surface area contributed by atoms with E-state index in [1.807, 2.05) is 0 Å². The molecule has 14 heavy (non-hydrogen) atoms.